The van der Waals surface area contributed by atoms with E-state index in [2.05, 4.69) is 36.3 Å². The Bertz CT molecular complexity index is 1380. The van der Waals surface area contributed by atoms with Gasteiger partial charge in [-0.05, 0) is 78.6 Å². The number of amides is 1. The molecule has 1 amide bonds. The highest BCUT2D eigenvalue weighted by Crippen LogP contribution is 2.53. The number of fused-ring (bicyclic) bond motifs is 2. The maximum absolute atomic E-state index is 13.5. The second-order valence-electron chi connectivity index (χ2n) is 10.9. The molecule has 1 N–H and O–H groups in total. The van der Waals surface area contributed by atoms with Gasteiger partial charge < -0.3 is 9.15 Å². The van der Waals surface area contributed by atoms with E-state index in [1.807, 2.05) is 0 Å². The zero-order valence-corrected chi connectivity index (χ0v) is 21.6. The molecule has 2 aliphatic rings. The Morgan fingerprint density at radius 1 is 1.06 bits per heavy atom. The molecule has 2 bridgehead atoms. The van der Waals surface area contributed by atoms with Crippen LogP contribution in [0, 0.1) is 10.8 Å². The van der Waals surface area contributed by atoms with E-state index in [0.717, 1.165) is 19.3 Å². The van der Waals surface area contributed by atoms with Gasteiger partial charge in [0.1, 0.15) is 5.75 Å². The van der Waals surface area contributed by atoms with Crippen LogP contribution in [0.1, 0.15) is 50.4 Å². The van der Waals surface area contributed by atoms with E-state index < -0.39 is 15.9 Å². The highest BCUT2D eigenvalue weighted by Gasteiger charge is 2.53. The number of hydrogen-bond donors (Lipinski definition) is 1. The molecule has 2 fully saturated rings. The number of carbonyl (C=O) groups is 1. The van der Waals surface area contributed by atoms with Crippen molar-refractivity contribution in [1.82, 2.24) is 14.5 Å². The van der Waals surface area contributed by atoms with Crippen molar-refractivity contribution in [2.45, 2.75) is 51.0 Å². The number of hydrogen-bond acceptors (Lipinski definition) is 7. The normalized spacial score (nSPS) is 23.4. The number of methoxy groups -OCH3 is 1. The summed E-state index contributed by atoms with van der Waals surface area (Å²) in [7, 11) is -2.08. The third kappa shape index (κ3) is 4.62. The Balaban J connectivity index is 1.28. The van der Waals surface area contributed by atoms with Gasteiger partial charge in [0.25, 0.3) is 5.91 Å². The zero-order valence-electron chi connectivity index (χ0n) is 20.8. The Morgan fingerprint density at radius 2 is 1.75 bits per heavy atom. The molecule has 2 heterocycles. The number of benzene rings is 2. The number of ether oxygens (including phenoxy) is 1. The predicted molar refractivity (Wildman–Crippen MR) is 134 cm³/mol. The van der Waals surface area contributed by atoms with Gasteiger partial charge in [0, 0.05) is 23.7 Å². The topological polar surface area (TPSA) is 115 Å². The smallest absolute Gasteiger partial charge is 0.322 e. The minimum atomic E-state index is -3.66. The summed E-state index contributed by atoms with van der Waals surface area (Å²) in [6, 6.07) is 13.0. The number of rotatable bonds is 6. The first-order valence-electron chi connectivity index (χ1n) is 11.9. The van der Waals surface area contributed by atoms with Crippen LogP contribution in [0.3, 0.4) is 0 Å². The molecule has 9 nitrogen and oxygen atoms in total. The summed E-state index contributed by atoms with van der Waals surface area (Å²) in [5.41, 5.74) is 1.08. The minimum Gasteiger partial charge on any atom is -0.497 e. The van der Waals surface area contributed by atoms with Crippen LogP contribution in [-0.2, 0) is 10.0 Å². The molecule has 1 saturated carbocycles. The van der Waals surface area contributed by atoms with Gasteiger partial charge in [-0.1, -0.05) is 25.9 Å². The van der Waals surface area contributed by atoms with E-state index in [-0.39, 0.29) is 39.2 Å². The molecular weight excluding hydrogens is 480 g/mol. The van der Waals surface area contributed by atoms with Gasteiger partial charge in [-0.15, -0.1) is 5.10 Å². The van der Waals surface area contributed by atoms with Crippen LogP contribution in [0.5, 0.6) is 5.75 Å². The lowest BCUT2D eigenvalue weighted by Crippen LogP contribution is -2.37. The number of anilines is 1. The van der Waals surface area contributed by atoms with E-state index >= 15 is 0 Å². The van der Waals surface area contributed by atoms with Crippen LogP contribution in [-0.4, -0.2) is 48.5 Å². The SMILES string of the molecule is COc1ccc(-c2nnc(NC(=O)c3ccc(S(=O)(=O)N4CC5(C)CC4CC(C)(C)C5)cc3)o2)cc1. The molecule has 36 heavy (non-hydrogen) atoms. The molecule has 2 aromatic carbocycles. The second kappa shape index (κ2) is 8.70. The van der Waals surface area contributed by atoms with Crippen LogP contribution >= 0.6 is 0 Å². The van der Waals surface area contributed by atoms with Crippen molar-refractivity contribution in [2.75, 3.05) is 19.0 Å². The lowest BCUT2D eigenvalue weighted by atomic mass is 9.65. The van der Waals surface area contributed by atoms with Gasteiger partial charge in [0.2, 0.25) is 15.9 Å². The molecule has 10 heteroatoms. The highest BCUT2D eigenvalue weighted by atomic mass is 32.2. The zero-order chi connectivity index (χ0) is 25.7. The summed E-state index contributed by atoms with van der Waals surface area (Å²) < 4.78 is 39.3. The summed E-state index contributed by atoms with van der Waals surface area (Å²) >= 11 is 0. The number of carbonyl (C=O) groups excluding carboxylic acids is 1. The molecule has 2 atom stereocenters. The molecule has 5 rings (SSSR count). The Hall–Kier alpha value is -3.24. The van der Waals surface area contributed by atoms with Crippen molar-refractivity contribution in [3.63, 3.8) is 0 Å². The highest BCUT2D eigenvalue weighted by molar-refractivity contribution is 7.89. The number of sulfonamides is 1. The molecule has 0 spiro atoms. The maximum atomic E-state index is 13.5. The first-order valence-corrected chi connectivity index (χ1v) is 13.3. The quantitative estimate of drug-likeness (QED) is 0.516. The lowest BCUT2D eigenvalue weighted by Gasteiger charge is -2.39. The molecule has 3 aromatic rings. The average Bonchev–Trinajstić information content (AvgIpc) is 3.40. The minimum absolute atomic E-state index is 0.00384. The van der Waals surface area contributed by atoms with Gasteiger partial charge in [-0.3, -0.25) is 10.1 Å². The molecule has 190 valence electrons. The van der Waals surface area contributed by atoms with Gasteiger partial charge >= 0.3 is 6.01 Å². The molecule has 1 aromatic heterocycles. The third-order valence-electron chi connectivity index (χ3n) is 7.07. The fraction of sp³-hybridized carbons (Fsp3) is 0.423. The molecule has 1 aliphatic carbocycles. The Kier molecular flexibility index (Phi) is 5.91. The van der Waals surface area contributed by atoms with E-state index in [0.29, 0.717) is 17.9 Å². The molecule has 1 saturated heterocycles. The summed E-state index contributed by atoms with van der Waals surface area (Å²) in [4.78, 5) is 12.9. The van der Waals surface area contributed by atoms with E-state index in [1.54, 1.807) is 35.7 Å². The monoisotopic (exact) mass is 510 g/mol. The van der Waals surface area contributed by atoms with Crippen LogP contribution in [0.15, 0.2) is 57.8 Å². The summed E-state index contributed by atoms with van der Waals surface area (Å²) in [6.45, 7) is 7.13. The fourth-order valence-electron chi connectivity index (χ4n) is 5.90. The molecule has 0 radical (unpaired) electrons. The van der Waals surface area contributed by atoms with Crippen molar-refractivity contribution < 1.29 is 22.4 Å². The largest absolute Gasteiger partial charge is 0.497 e. The Labute approximate surface area is 210 Å². The summed E-state index contributed by atoms with van der Waals surface area (Å²) in [6.07, 6.45) is 2.75. The van der Waals surface area contributed by atoms with Crippen molar-refractivity contribution in [3.8, 4) is 17.2 Å². The predicted octanol–water partition coefficient (Wildman–Crippen LogP) is 4.59. The van der Waals surface area contributed by atoms with Gasteiger partial charge in [-0.25, -0.2) is 8.42 Å². The summed E-state index contributed by atoms with van der Waals surface area (Å²) in [5, 5.41) is 10.4. The number of nitrogens with one attached hydrogen (secondary N) is 1. The average molecular weight is 511 g/mol. The lowest BCUT2D eigenvalue weighted by molar-refractivity contribution is 0.102. The Morgan fingerprint density at radius 3 is 2.42 bits per heavy atom. The summed E-state index contributed by atoms with van der Waals surface area (Å²) in [5.74, 6) is 0.473. The van der Waals surface area contributed by atoms with Crippen molar-refractivity contribution in [3.05, 3.63) is 54.1 Å². The number of nitrogens with zero attached hydrogens (tertiary/aromatic N) is 3. The maximum Gasteiger partial charge on any atom is 0.322 e. The van der Waals surface area contributed by atoms with E-state index in [9.17, 15) is 13.2 Å². The number of aromatic nitrogens is 2. The standard InChI is InChI=1S/C26H30N4O5S/c1-25(2)13-19-14-26(3,15-25)16-30(19)36(32,33)21-11-7-17(8-12-21)22(31)27-24-29-28-23(35-24)18-5-9-20(34-4)10-6-18/h5-12,19H,13-16H2,1-4H3,(H,27,29,31). The van der Waals surface area contributed by atoms with Crippen molar-refractivity contribution >= 4 is 21.9 Å². The van der Waals surface area contributed by atoms with Crippen molar-refractivity contribution in [2.24, 2.45) is 10.8 Å². The van der Waals surface area contributed by atoms with Crippen molar-refractivity contribution in [1.29, 1.82) is 0 Å². The van der Waals surface area contributed by atoms with E-state index in [4.69, 9.17) is 9.15 Å². The third-order valence-corrected chi connectivity index (χ3v) is 8.98. The second-order valence-corrected chi connectivity index (χ2v) is 12.8. The van der Waals surface area contributed by atoms with Crippen LogP contribution in [0.25, 0.3) is 11.5 Å². The van der Waals surface area contributed by atoms with Gasteiger partial charge in [0.15, 0.2) is 0 Å². The van der Waals surface area contributed by atoms with Crippen LogP contribution in [0.4, 0.5) is 6.01 Å². The van der Waals surface area contributed by atoms with E-state index in [1.165, 1.54) is 24.3 Å². The molecule has 2 unspecified atom stereocenters. The molecule has 1 aliphatic heterocycles. The van der Waals surface area contributed by atoms with Crippen LogP contribution in [0.2, 0.25) is 0 Å². The molecular formula is C26H30N4O5S. The first kappa shape index (κ1) is 24.5. The van der Waals surface area contributed by atoms with Crippen LogP contribution < -0.4 is 10.1 Å². The van der Waals surface area contributed by atoms with Gasteiger partial charge in [-0.2, -0.15) is 4.31 Å². The first-order chi connectivity index (χ1) is 17.0. The fourth-order valence-corrected chi connectivity index (χ4v) is 7.67. The van der Waals surface area contributed by atoms with Gasteiger partial charge in [0.05, 0.1) is 12.0 Å².